The molecule has 3 nitrogen and oxygen atoms in total. The van der Waals surface area contributed by atoms with Crippen LogP contribution in [0.1, 0.15) is 37.4 Å². The Morgan fingerprint density at radius 1 is 1.36 bits per heavy atom. The molecule has 2 fully saturated rings. The molecule has 2 saturated carbocycles. The van der Waals surface area contributed by atoms with Gasteiger partial charge in [0.2, 0.25) is 5.88 Å². The highest BCUT2D eigenvalue weighted by Gasteiger charge is 2.44. The van der Waals surface area contributed by atoms with Crippen molar-refractivity contribution in [1.29, 1.82) is 0 Å². The second-order valence-electron chi connectivity index (χ2n) is 4.77. The number of hydrogen-bond donors (Lipinski definition) is 1. The van der Waals surface area contributed by atoms with Gasteiger partial charge in [0.15, 0.2) is 0 Å². The largest absolute Gasteiger partial charge is 0.492 e. The Bertz CT molecular complexity index is 338. The Labute approximate surface area is 83.8 Å². The van der Waals surface area contributed by atoms with Crippen molar-refractivity contribution in [3.05, 3.63) is 12.0 Å². The molecule has 0 atom stereocenters. The van der Waals surface area contributed by atoms with Gasteiger partial charge in [0.1, 0.15) is 5.82 Å². The average molecular weight is 192 g/mol. The van der Waals surface area contributed by atoms with Crippen molar-refractivity contribution < 1.29 is 5.11 Å². The molecule has 1 aromatic rings. The van der Waals surface area contributed by atoms with Crippen molar-refractivity contribution in [3.63, 3.8) is 0 Å². The highest BCUT2D eigenvalue weighted by atomic mass is 16.3. The molecule has 1 heterocycles. The Balaban J connectivity index is 1.93. The van der Waals surface area contributed by atoms with E-state index in [0.29, 0.717) is 5.92 Å². The van der Waals surface area contributed by atoms with Crippen LogP contribution >= 0.6 is 0 Å². The van der Waals surface area contributed by atoms with E-state index >= 15 is 0 Å². The standard InChI is InChI=1S/C11H16N2O/c1-13-6-9(14)12-11(13)10(7-2-3-7)8-4-5-8/h6-8,10,14H,2-5H2,1H3. The van der Waals surface area contributed by atoms with Crippen LogP contribution in [0.4, 0.5) is 0 Å². The van der Waals surface area contributed by atoms with Crippen molar-refractivity contribution in [1.82, 2.24) is 9.55 Å². The van der Waals surface area contributed by atoms with Crippen molar-refractivity contribution in [2.24, 2.45) is 18.9 Å². The molecule has 3 rings (SSSR count). The summed E-state index contributed by atoms with van der Waals surface area (Å²) in [6.45, 7) is 0. The van der Waals surface area contributed by atoms with E-state index in [0.717, 1.165) is 17.7 Å². The predicted molar refractivity (Wildman–Crippen MR) is 53.1 cm³/mol. The zero-order chi connectivity index (χ0) is 9.71. The van der Waals surface area contributed by atoms with Crippen LogP contribution in [-0.4, -0.2) is 14.7 Å². The van der Waals surface area contributed by atoms with Gasteiger partial charge in [0.25, 0.3) is 0 Å². The highest BCUT2D eigenvalue weighted by Crippen LogP contribution is 2.54. The van der Waals surface area contributed by atoms with Gasteiger partial charge < -0.3 is 9.67 Å². The fourth-order valence-electron chi connectivity index (χ4n) is 2.49. The number of nitrogens with zero attached hydrogens (tertiary/aromatic N) is 2. The van der Waals surface area contributed by atoms with Gasteiger partial charge in [-0.25, -0.2) is 0 Å². The Morgan fingerprint density at radius 3 is 2.29 bits per heavy atom. The second kappa shape index (κ2) is 2.75. The molecule has 2 aliphatic rings. The van der Waals surface area contributed by atoms with E-state index in [2.05, 4.69) is 4.98 Å². The van der Waals surface area contributed by atoms with E-state index in [1.807, 2.05) is 11.6 Å². The molecule has 1 aromatic heterocycles. The molecule has 76 valence electrons. The Hall–Kier alpha value is -0.990. The number of aromatic nitrogens is 2. The van der Waals surface area contributed by atoms with Gasteiger partial charge in [-0.2, -0.15) is 4.98 Å². The van der Waals surface area contributed by atoms with Crippen LogP contribution in [-0.2, 0) is 7.05 Å². The lowest BCUT2D eigenvalue weighted by Gasteiger charge is -2.14. The van der Waals surface area contributed by atoms with Gasteiger partial charge in [0.05, 0.1) is 6.20 Å². The maximum atomic E-state index is 9.36. The third-order valence-electron chi connectivity index (χ3n) is 3.46. The predicted octanol–water partition coefficient (Wildman–Crippen LogP) is 2.03. The maximum Gasteiger partial charge on any atom is 0.229 e. The molecule has 14 heavy (non-hydrogen) atoms. The fourth-order valence-corrected chi connectivity index (χ4v) is 2.49. The minimum atomic E-state index is 0.175. The molecule has 0 radical (unpaired) electrons. The van der Waals surface area contributed by atoms with Crippen LogP contribution in [0.3, 0.4) is 0 Å². The lowest BCUT2D eigenvalue weighted by molar-refractivity contribution is 0.448. The van der Waals surface area contributed by atoms with Crippen LogP contribution < -0.4 is 0 Å². The first kappa shape index (κ1) is 8.33. The van der Waals surface area contributed by atoms with Crippen molar-refractivity contribution in [2.45, 2.75) is 31.6 Å². The maximum absolute atomic E-state index is 9.36. The van der Waals surface area contributed by atoms with E-state index in [9.17, 15) is 5.11 Å². The van der Waals surface area contributed by atoms with Crippen molar-refractivity contribution in [2.75, 3.05) is 0 Å². The number of hydrogen-bond acceptors (Lipinski definition) is 2. The lowest BCUT2D eigenvalue weighted by Crippen LogP contribution is -2.10. The van der Waals surface area contributed by atoms with Gasteiger partial charge in [-0.05, 0) is 37.5 Å². The summed E-state index contributed by atoms with van der Waals surface area (Å²) in [6.07, 6.45) is 7.14. The first-order chi connectivity index (χ1) is 6.75. The monoisotopic (exact) mass is 192 g/mol. The topological polar surface area (TPSA) is 38.0 Å². The second-order valence-corrected chi connectivity index (χ2v) is 4.77. The molecule has 0 saturated heterocycles. The summed E-state index contributed by atoms with van der Waals surface area (Å²) in [5, 5.41) is 9.36. The molecule has 3 heteroatoms. The van der Waals surface area contributed by atoms with E-state index in [1.54, 1.807) is 6.20 Å². The molecule has 0 aliphatic heterocycles. The lowest BCUT2D eigenvalue weighted by atomic mass is 9.97. The van der Waals surface area contributed by atoms with Crippen LogP contribution in [0.2, 0.25) is 0 Å². The van der Waals surface area contributed by atoms with Gasteiger partial charge in [-0.15, -0.1) is 0 Å². The molecular weight excluding hydrogens is 176 g/mol. The quantitative estimate of drug-likeness (QED) is 0.795. The minimum absolute atomic E-state index is 0.175. The minimum Gasteiger partial charge on any atom is -0.492 e. The molecule has 1 N–H and O–H groups in total. The molecular formula is C11H16N2O. The summed E-state index contributed by atoms with van der Waals surface area (Å²) in [5.74, 6) is 3.60. The van der Waals surface area contributed by atoms with Gasteiger partial charge in [-0.3, -0.25) is 0 Å². The van der Waals surface area contributed by atoms with E-state index in [1.165, 1.54) is 25.7 Å². The average Bonchev–Trinajstić information content (AvgIpc) is 2.97. The normalized spacial score (nSPS) is 21.9. The van der Waals surface area contributed by atoms with Crippen molar-refractivity contribution >= 4 is 0 Å². The zero-order valence-electron chi connectivity index (χ0n) is 8.48. The SMILES string of the molecule is Cn1cc(O)nc1C(C1CC1)C1CC1. The van der Waals surface area contributed by atoms with Crippen molar-refractivity contribution in [3.8, 4) is 5.88 Å². The Morgan fingerprint density at radius 2 is 1.93 bits per heavy atom. The molecule has 0 spiro atoms. The van der Waals surface area contributed by atoms with E-state index < -0.39 is 0 Å². The van der Waals surface area contributed by atoms with Crippen LogP contribution in [0.25, 0.3) is 0 Å². The summed E-state index contributed by atoms with van der Waals surface area (Å²) in [4.78, 5) is 4.25. The van der Waals surface area contributed by atoms with Gasteiger partial charge in [0, 0.05) is 13.0 Å². The number of imidazole rings is 1. The molecule has 0 aromatic carbocycles. The summed E-state index contributed by atoms with van der Waals surface area (Å²) in [5.41, 5.74) is 0. The molecule has 2 aliphatic carbocycles. The van der Waals surface area contributed by atoms with Gasteiger partial charge in [-0.1, -0.05) is 0 Å². The Kier molecular flexibility index (Phi) is 1.64. The van der Waals surface area contributed by atoms with Crippen LogP contribution in [0, 0.1) is 11.8 Å². The van der Waals surface area contributed by atoms with Crippen LogP contribution in [0.15, 0.2) is 6.20 Å². The van der Waals surface area contributed by atoms with E-state index in [4.69, 9.17) is 0 Å². The summed E-state index contributed by atoms with van der Waals surface area (Å²) >= 11 is 0. The first-order valence-electron chi connectivity index (χ1n) is 5.48. The zero-order valence-corrected chi connectivity index (χ0v) is 8.48. The third kappa shape index (κ3) is 1.31. The number of aromatic hydroxyl groups is 1. The molecule has 0 amide bonds. The summed E-state index contributed by atoms with van der Waals surface area (Å²) in [7, 11) is 1.99. The van der Waals surface area contributed by atoms with E-state index in [-0.39, 0.29) is 5.88 Å². The van der Waals surface area contributed by atoms with Gasteiger partial charge >= 0.3 is 0 Å². The number of rotatable bonds is 3. The smallest absolute Gasteiger partial charge is 0.229 e. The third-order valence-corrected chi connectivity index (χ3v) is 3.46. The number of aryl methyl sites for hydroxylation is 1. The highest BCUT2D eigenvalue weighted by molar-refractivity contribution is 5.16. The molecule has 0 unspecified atom stereocenters. The van der Waals surface area contributed by atoms with Crippen LogP contribution in [0.5, 0.6) is 5.88 Å². The summed E-state index contributed by atoms with van der Waals surface area (Å²) in [6, 6.07) is 0. The molecule has 0 bridgehead atoms. The fraction of sp³-hybridized carbons (Fsp3) is 0.727. The first-order valence-corrected chi connectivity index (χ1v) is 5.48. The summed E-state index contributed by atoms with van der Waals surface area (Å²) < 4.78 is 2.00.